The van der Waals surface area contributed by atoms with Crippen LogP contribution in [0.15, 0.2) is 48.5 Å². The van der Waals surface area contributed by atoms with Crippen molar-refractivity contribution >= 4 is 23.5 Å². The predicted molar refractivity (Wildman–Crippen MR) is 101 cm³/mol. The molecule has 1 fully saturated rings. The number of ether oxygens (including phenoxy) is 1. The first-order chi connectivity index (χ1) is 13.4. The lowest BCUT2D eigenvalue weighted by atomic mass is 10.0. The average molecular weight is 380 g/mol. The van der Waals surface area contributed by atoms with E-state index in [0.717, 1.165) is 5.56 Å². The van der Waals surface area contributed by atoms with Gasteiger partial charge in [-0.25, -0.2) is 0 Å². The zero-order valence-corrected chi connectivity index (χ0v) is 15.4. The molecule has 0 bridgehead atoms. The molecule has 1 atom stereocenters. The standard InChI is InChI=1S/C21H20N2O5/c1-13(24)17-5-3-2-4-15(17)12-22-20(26)14-6-8-16(9-7-14)28-18-10-11-19(25)23-21(18)27/h2-9,18H,10-12H2,1H3,(H,22,26)(H,23,25,27). The maximum atomic E-state index is 12.4. The molecule has 0 radical (unpaired) electrons. The maximum Gasteiger partial charge on any atom is 0.267 e. The fraction of sp³-hybridized carbons (Fsp3) is 0.238. The van der Waals surface area contributed by atoms with Crippen LogP contribution >= 0.6 is 0 Å². The van der Waals surface area contributed by atoms with Gasteiger partial charge in [0, 0.05) is 30.5 Å². The Morgan fingerprint density at radius 2 is 1.82 bits per heavy atom. The Hall–Kier alpha value is -3.48. The Balaban J connectivity index is 1.59. The van der Waals surface area contributed by atoms with Gasteiger partial charge in [-0.2, -0.15) is 0 Å². The van der Waals surface area contributed by atoms with E-state index in [9.17, 15) is 19.2 Å². The number of hydrogen-bond donors (Lipinski definition) is 2. The number of amides is 3. The van der Waals surface area contributed by atoms with E-state index in [-0.39, 0.29) is 30.6 Å². The normalized spacial score (nSPS) is 16.2. The van der Waals surface area contributed by atoms with Crippen LogP contribution in [0.1, 0.15) is 46.0 Å². The first kappa shape index (κ1) is 19.3. The minimum absolute atomic E-state index is 0.0557. The molecular weight excluding hydrogens is 360 g/mol. The number of piperidine rings is 1. The van der Waals surface area contributed by atoms with E-state index in [1.807, 2.05) is 6.07 Å². The highest BCUT2D eigenvalue weighted by atomic mass is 16.5. The number of benzene rings is 2. The Bertz CT molecular complexity index is 921. The lowest BCUT2D eigenvalue weighted by molar-refractivity contribution is -0.138. The summed E-state index contributed by atoms with van der Waals surface area (Å²) in [7, 11) is 0. The van der Waals surface area contributed by atoms with E-state index in [1.165, 1.54) is 6.92 Å². The monoisotopic (exact) mass is 380 g/mol. The van der Waals surface area contributed by atoms with Gasteiger partial charge in [0.15, 0.2) is 11.9 Å². The molecule has 1 heterocycles. The van der Waals surface area contributed by atoms with Gasteiger partial charge in [-0.1, -0.05) is 24.3 Å². The van der Waals surface area contributed by atoms with Gasteiger partial charge in [0.05, 0.1) is 0 Å². The quantitative estimate of drug-likeness (QED) is 0.590. The second-order valence-corrected chi connectivity index (χ2v) is 6.48. The highest BCUT2D eigenvalue weighted by molar-refractivity contribution is 6.00. The van der Waals surface area contributed by atoms with Gasteiger partial charge in [-0.05, 0) is 36.8 Å². The summed E-state index contributed by atoms with van der Waals surface area (Å²) >= 11 is 0. The number of ketones is 1. The first-order valence-corrected chi connectivity index (χ1v) is 8.91. The molecule has 7 heteroatoms. The number of rotatable bonds is 6. The van der Waals surface area contributed by atoms with E-state index >= 15 is 0 Å². The van der Waals surface area contributed by atoms with Crippen LogP contribution in [0.25, 0.3) is 0 Å². The van der Waals surface area contributed by atoms with Crippen molar-refractivity contribution in [3.8, 4) is 5.75 Å². The molecule has 2 N–H and O–H groups in total. The van der Waals surface area contributed by atoms with Crippen molar-refractivity contribution in [2.24, 2.45) is 0 Å². The highest BCUT2D eigenvalue weighted by Gasteiger charge is 2.28. The molecule has 28 heavy (non-hydrogen) atoms. The van der Waals surface area contributed by atoms with Crippen molar-refractivity contribution in [2.45, 2.75) is 32.4 Å². The molecule has 1 aliphatic rings. The molecule has 1 saturated heterocycles. The summed E-state index contributed by atoms with van der Waals surface area (Å²) in [4.78, 5) is 46.9. The minimum Gasteiger partial charge on any atom is -0.481 e. The van der Waals surface area contributed by atoms with Gasteiger partial charge in [0.1, 0.15) is 5.75 Å². The number of imide groups is 1. The van der Waals surface area contributed by atoms with Crippen LogP contribution < -0.4 is 15.4 Å². The van der Waals surface area contributed by atoms with Crippen LogP contribution in [0.4, 0.5) is 0 Å². The van der Waals surface area contributed by atoms with Gasteiger partial charge in [-0.3, -0.25) is 24.5 Å². The highest BCUT2D eigenvalue weighted by Crippen LogP contribution is 2.18. The topological polar surface area (TPSA) is 102 Å². The van der Waals surface area contributed by atoms with E-state index in [2.05, 4.69) is 10.6 Å². The summed E-state index contributed by atoms with van der Waals surface area (Å²) in [5.41, 5.74) is 1.76. The summed E-state index contributed by atoms with van der Waals surface area (Å²) in [6, 6.07) is 13.5. The molecule has 144 valence electrons. The Kier molecular flexibility index (Phi) is 5.84. The third kappa shape index (κ3) is 4.62. The van der Waals surface area contributed by atoms with Gasteiger partial charge in [0.2, 0.25) is 5.91 Å². The maximum absolute atomic E-state index is 12.4. The molecule has 0 aliphatic carbocycles. The third-order valence-electron chi connectivity index (χ3n) is 4.42. The molecular formula is C21H20N2O5. The lowest BCUT2D eigenvalue weighted by Crippen LogP contribution is -2.46. The number of carbonyl (C=O) groups is 4. The zero-order valence-electron chi connectivity index (χ0n) is 15.4. The summed E-state index contributed by atoms with van der Waals surface area (Å²) in [6.07, 6.45) is -0.165. The van der Waals surface area contributed by atoms with Gasteiger partial charge < -0.3 is 10.1 Å². The van der Waals surface area contributed by atoms with E-state index < -0.39 is 12.0 Å². The van der Waals surface area contributed by atoms with Crippen molar-refractivity contribution in [2.75, 3.05) is 0 Å². The molecule has 1 unspecified atom stereocenters. The van der Waals surface area contributed by atoms with Crippen molar-refractivity contribution in [1.29, 1.82) is 0 Å². The van der Waals surface area contributed by atoms with E-state index in [0.29, 0.717) is 23.3 Å². The fourth-order valence-electron chi connectivity index (χ4n) is 2.93. The molecule has 2 aromatic rings. The summed E-state index contributed by atoms with van der Waals surface area (Å²) in [6.45, 7) is 1.73. The molecule has 2 aromatic carbocycles. The summed E-state index contributed by atoms with van der Waals surface area (Å²) < 4.78 is 5.59. The number of nitrogens with one attached hydrogen (secondary N) is 2. The smallest absolute Gasteiger partial charge is 0.267 e. The van der Waals surface area contributed by atoms with Crippen LogP contribution in [0.5, 0.6) is 5.75 Å². The molecule has 0 aromatic heterocycles. The van der Waals surface area contributed by atoms with Crippen LogP contribution in [0, 0.1) is 0 Å². The third-order valence-corrected chi connectivity index (χ3v) is 4.42. The van der Waals surface area contributed by atoms with Crippen LogP contribution in [-0.4, -0.2) is 29.6 Å². The average Bonchev–Trinajstić information content (AvgIpc) is 2.69. The van der Waals surface area contributed by atoms with E-state index in [4.69, 9.17) is 4.74 Å². The van der Waals surface area contributed by atoms with Gasteiger partial charge >= 0.3 is 0 Å². The Morgan fingerprint density at radius 1 is 1.11 bits per heavy atom. The van der Waals surface area contributed by atoms with Crippen LogP contribution in [0.3, 0.4) is 0 Å². The molecule has 0 saturated carbocycles. The largest absolute Gasteiger partial charge is 0.481 e. The van der Waals surface area contributed by atoms with Crippen molar-refractivity contribution in [1.82, 2.24) is 10.6 Å². The SMILES string of the molecule is CC(=O)c1ccccc1CNC(=O)c1ccc(OC2CCC(=O)NC2=O)cc1. The van der Waals surface area contributed by atoms with Crippen molar-refractivity contribution in [3.05, 3.63) is 65.2 Å². The van der Waals surface area contributed by atoms with Crippen LogP contribution in [-0.2, 0) is 16.1 Å². The fourth-order valence-corrected chi connectivity index (χ4v) is 2.93. The van der Waals surface area contributed by atoms with Gasteiger partial charge in [-0.15, -0.1) is 0 Å². The van der Waals surface area contributed by atoms with Crippen molar-refractivity contribution < 1.29 is 23.9 Å². The molecule has 3 rings (SSSR count). The number of Topliss-reactive ketones (excluding diaryl/α,β-unsaturated/α-hetero) is 1. The molecule has 0 spiro atoms. The minimum atomic E-state index is -0.722. The van der Waals surface area contributed by atoms with E-state index in [1.54, 1.807) is 42.5 Å². The lowest BCUT2D eigenvalue weighted by Gasteiger charge is -2.22. The molecule has 1 aliphatic heterocycles. The van der Waals surface area contributed by atoms with Gasteiger partial charge in [0.25, 0.3) is 11.8 Å². The molecule has 3 amide bonds. The Labute approximate surface area is 162 Å². The number of carbonyl (C=O) groups excluding carboxylic acids is 4. The zero-order chi connectivity index (χ0) is 20.1. The van der Waals surface area contributed by atoms with Crippen molar-refractivity contribution in [3.63, 3.8) is 0 Å². The second-order valence-electron chi connectivity index (χ2n) is 6.48. The predicted octanol–water partition coefficient (Wildman–Crippen LogP) is 2.00. The first-order valence-electron chi connectivity index (χ1n) is 8.91. The molecule has 7 nitrogen and oxygen atoms in total. The number of hydrogen-bond acceptors (Lipinski definition) is 5. The summed E-state index contributed by atoms with van der Waals surface area (Å²) in [5.74, 6) is -0.663. The second kappa shape index (κ2) is 8.47. The summed E-state index contributed by atoms with van der Waals surface area (Å²) in [5, 5.41) is 5.02. The van der Waals surface area contributed by atoms with Crippen LogP contribution in [0.2, 0.25) is 0 Å². The Morgan fingerprint density at radius 3 is 2.50 bits per heavy atom.